The van der Waals surface area contributed by atoms with Crippen molar-refractivity contribution in [1.29, 1.82) is 0 Å². The molecule has 3 aromatic rings. The third kappa shape index (κ3) is 3.51. The van der Waals surface area contributed by atoms with E-state index < -0.39 is 0 Å². The smallest absolute Gasteiger partial charge is 0.261 e. The Labute approximate surface area is 155 Å². The number of carbonyl (C=O) groups is 1. The van der Waals surface area contributed by atoms with Crippen LogP contribution in [0.5, 0.6) is 0 Å². The first-order valence-corrected chi connectivity index (χ1v) is 8.77. The van der Waals surface area contributed by atoms with Gasteiger partial charge in [0.1, 0.15) is 17.0 Å². The van der Waals surface area contributed by atoms with Gasteiger partial charge in [0.05, 0.1) is 0 Å². The second kappa shape index (κ2) is 6.84. The number of nitrogens with zero attached hydrogens (tertiary/aromatic N) is 1. The fourth-order valence-corrected chi connectivity index (χ4v) is 3.42. The second-order valence-electron chi connectivity index (χ2n) is 6.20. The number of anilines is 1. The quantitative estimate of drug-likeness (QED) is 0.625. The molecule has 0 saturated heterocycles. The molecule has 1 aromatic heterocycles. The van der Waals surface area contributed by atoms with Crippen molar-refractivity contribution in [1.82, 2.24) is 5.16 Å². The van der Waals surface area contributed by atoms with Crippen LogP contribution in [0.3, 0.4) is 0 Å². The zero-order valence-electron chi connectivity index (χ0n) is 14.6. The average molecular weight is 399 g/mol. The molecule has 25 heavy (non-hydrogen) atoms. The van der Waals surface area contributed by atoms with Gasteiger partial charge in [-0.25, -0.2) is 0 Å². The number of carbonyl (C=O) groups excluding carboxylic acids is 1. The van der Waals surface area contributed by atoms with Crippen LogP contribution in [0.1, 0.15) is 32.8 Å². The van der Waals surface area contributed by atoms with Crippen LogP contribution in [0.2, 0.25) is 0 Å². The van der Waals surface area contributed by atoms with Gasteiger partial charge in [-0.05, 0) is 51.0 Å². The molecule has 1 amide bonds. The number of nitrogens with one attached hydrogen (secondary N) is 1. The van der Waals surface area contributed by atoms with Gasteiger partial charge in [-0.15, -0.1) is 0 Å². The van der Waals surface area contributed by atoms with Crippen LogP contribution in [-0.2, 0) is 0 Å². The molecule has 0 aliphatic carbocycles. The number of rotatable bonds is 3. The molecule has 0 unspecified atom stereocenters. The molecule has 4 nitrogen and oxygen atoms in total. The van der Waals surface area contributed by atoms with Gasteiger partial charge in [0, 0.05) is 15.7 Å². The summed E-state index contributed by atoms with van der Waals surface area (Å²) in [6, 6.07) is 11.8. The van der Waals surface area contributed by atoms with Crippen molar-refractivity contribution in [3.05, 3.63) is 68.9 Å². The molecule has 0 spiro atoms. The van der Waals surface area contributed by atoms with E-state index in [1.807, 2.05) is 45.0 Å². The summed E-state index contributed by atoms with van der Waals surface area (Å²) in [4.78, 5) is 12.9. The Kier molecular flexibility index (Phi) is 4.77. The third-order valence-corrected chi connectivity index (χ3v) is 4.60. The Balaban J connectivity index is 2.01. The topological polar surface area (TPSA) is 55.1 Å². The molecule has 3 rings (SSSR count). The summed E-state index contributed by atoms with van der Waals surface area (Å²) < 4.78 is 6.22. The monoisotopic (exact) mass is 398 g/mol. The molecule has 0 aliphatic rings. The summed E-state index contributed by atoms with van der Waals surface area (Å²) in [5.41, 5.74) is 5.89. The summed E-state index contributed by atoms with van der Waals surface area (Å²) >= 11 is 3.45. The minimum absolute atomic E-state index is 0.219. The number of amides is 1. The number of hydrogen-bond acceptors (Lipinski definition) is 3. The number of halogens is 1. The standard InChI is InChI=1S/C20H19BrN2O2/c1-11-8-12(2)18(13(3)9-11)22-20(24)17-14(4)25-23-19(17)15-6-5-7-16(21)10-15/h5-10H,1-4H3,(H,22,24). The van der Waals surface area contributed by atoms with Crippen molar-refractivity contribution in [3.63, 3.8) is 0 Å². The van der Waals surface area contributed by atoms with Crippen molar-refractivity contribution in [2.75, 3.05) is 5.32 Å². The van der Waals surface area contributed by atoms with Gasteiger partial charge in [0.25, 0.3) is 5.91 Å². The molecule has 0 radical (unpaired) electrons. The molecule has 1 heterocycles. The lowest BCUT2D eigenvalue weighted by molar-refractivity contribution is 0.102. The van der Waals surface area contributed by atoms with Crippen LogP contribution in [0, 0.1) is 27.7 Å². The van der Waals surface area contributed by atoms with E-state index in [4.69, 9.17) is 4.52 Å². The highest BCUT2D eigenvalue weighted by molar-refractivity contribution is 9.10. The van der Waals surface area contributed by atoms with Crippen LogP contribution < -0.4 is 5.32 Å². The van der Waals surface area contributed by atoms with Crippen molar-refractivity contribution < 1.29 is 9.32 Å². The molecule has 128 valence electrons. The highest BCUT2D eigenvalue weighted by atomic mass is 79.9. The van der Waals surface area contributed by atoms with Crippen molar-refractivity contribution in [3.8, 4) is 11.3 Å². The number of aryl methyl sites for hydroxylation is 4. The SMILES string of the molecule is Cc1cc(C)c(NC(=O)c2c(-c3cccc(Br)c3)noc2C)c(C)c1. The van der Waals surface area contributed by atoms with E-state index in [1.165, 1.54) is 5.56 Å². The molecular weight excluding hydrogens is 380 g/mol. The first-order valence-electron chi connectivity index (χ1n) is 7.98. The maximum atomic E-state index is 12.9. The fourth-order valence-electron chi connectivity index (χ4n) is 3.03. The molecule has 1 N–H and O–H groups in total. The number of hydrogen-bond donors (Lipinski definition) is 1. The lowest BCUT2D eigenvalue weighted by Crippen LogP contribution is -2.15. The summed E-state index contributed by atoms with van der Waals surface area (Å²) in [5.74, 6) is 0.277. The van der Waals surface area contributed by atoms with Crippen LogP contribution in [0.15, 0.2) is 45.4 Å². The van der Waals surface area contributed by atoms with Crippen LogP contribution in [0.4, 0.5) is 5.69 Å². The van der Waals surface area contributed by atoms with Gasteiger partial charge in [-0.1, -0.05) is 50.9 Å². The normalized spacial score (nSPS) is 10.8. The van der Waals surface area contributed by atoms with E-state index in [1.54, 1.807) is 6.92 Å². The van der Waals surface area contributed by atoms with E-state index in [0.717, 1.165) is 26.9 Å². The first-order chi connectivity index (χ1) is 11.9. The van der Waals surface area contributed by atoms with Gasteiger partial charge >= 0.3 is 0 Å². The second-order valence-corrected chi connectivity index (χ2v) is 7.12. The van der Waals surface area contributed by atoms with Gasteiger partial charge in [-0.3, -0.25) is 4.79 Å². The van der Waals surface area contributed by atoms with E-state index in [-0.39, 0.29) is 5.91 Å². The summed E-state index contributed by atoms with van der Waals surface area (Å²) in [6.07, 6.45) is 0. The maximum absolute atomic E-state index is 12.9. The highest BCUT2D eigenvalue weighted by Gasteiger charge is 2.22. The summed E-state index contributed by atoms with van der Waals surface area (Å²) in [6.45, 7) is 7.77. The van der Waals surface area contributed by atoms with Crippen molar-refractivity contribution >= 4 is 27.5 Å². The maximum Gasteiger partial charge on any atom is 0.261 e. The molecule has 0 saturated carbocycles. The van der Waals surface area contributed by atoms with E-state index >= 15 is 0 Å². The Morgan fingerprint density at radius 3 is 2.40 bits per heavy atom. The number of benzene rings is 2. The van der Waals surface area contributed by atoms with E-state index in [0.29, 0.717) is 17.0 Å². The first kappa shape index (κ1) is 17.4. The third-order valence-electron chi connectivity index (χ3n) is 4.10. The predicted molar refractivity (Wildman–Crippen MR) is 103 cm³/mol. The Morgan fingerprint density at radius 1 is 1.08 bits per heavy atom. The van der Waals surface area contributed by atoms with E-state index in [9.17, 15) is 4.79 Å². The lowest BCUT2D eigenvalue weighted by Gasteiger charge is -2.13. The molecule has 2 aromatic carbocycles. The van der Waals surface area contributed by atoms with Crippen molar-refractivity contribution in [2.45, 2.75) is 27.7 Å². The van der Waals surface area contributed by atoms with Gasteiger partial charge in [-0.2, -0.15) is 0 Å². The molecule has 0 fully saturated rings. The summed E-state index contributed by atoms with van der Waals surface area (Å²) in [7, 11) is 0. The Bertz CT molecular complexity index is 937. The molecule has 0 atom stereocenters. The molecule has 0 aliphatic heterocycles. The van der Waals surface area contributed by atoms with Crippen molar-refractivity contribution in [2.24, 2.45) is 0 Å². The van der Waals surface area contributed by atoms with Gasteiger partial charge < -0.3 is 9.84 Å². The Morgan fingerprint density at radius 2 is 1.76 bits per heavy atom. The van der Waals surface area contributed by atoms with E-state index in [2.05, 4.69) is 38.5 Å². The Hall–Kier alpha value is -2.40. The van der Waals surface area contributed by atoms with Crippen LogP contribution in [0.25, 0.3) is 11.3 Å². The predicted octanol–water partition coefficient (Wildman–Crippen LogP) is 5.59. The van der Waals surface area contributed by atoms with Gasteiger partial charge in [0.2, 0.25) is 0 Å². The fraction of sp³-hybridized carbons (Fsp3) is 0.200. The molecule has 0 bridgehead atoms. The highest BCUT2D eigenvalue weighted by Crippen LogP contribution is 2.29. The minimum atomic E-state index is -0.219. The minimum Gasteiger partial charge on any atom is -0.360 e. The zero-order chi connectivity index (χ0) is 18.1. The molecular formula is C20H19BrN2O2. The van der Waals surface area contributed by atoms with Crippen LogP contribution in [-0.4, -0.2) is 11.1 Å². The zero-order valence-corrected chi connectivity index (χ0v) is 16.2. The molecule has 5 heteroatoms. The number of aromatic nitrogens is 1. The van der Waals surface area contributed by atoms with Crippen LogP contribution >= 0.6 is 15.9 Å². The van der Waals surface area contributed by atoms with Gasteiger partial charge in [0.15, 0.2) is 0 Å². The largest absolute Gasteiger partial charge is 0.360 e. The average Bonchev–Trinajstić information content (AvgIpc) is 2.92. The summed E-state index contributed by atoms with van der Waals surface area (Å²) in [5, 5.41) is 7.12. The lowest BCUT2D eigenvalue weighted by atomic mass is 10.0.